The lowest BCUT2D eigenvalue weighted by molar-refractivity contribution is -0.125. The number of amides is 1. The van der Waals surface area contributed by atoms with Crippen molar-refractivity contribution in [3.8, 4) is 0 Å². The number of rotatable bonds is 4. The molecule has 2 N–H and O–H groups in total. The number of hydrogen-bond acceptors (Lipinski definition) is 3. The summed E-state index contributed by atoms with van der Waals surface area (Å²) in [4.78, 5) is 13.4. The second-order valence-corrected chi connectivity index (χ2v) is 6.47. The standard InChI is InChI=1S/C14H22N2OS/c1-14(2,12-6-4-8-18-12)13(17)16-10-11-5-3-7-15-9-11/h4,6,8,11,15H,3,5,7,9-10H2,1-2H3,(H,16,17). The Hall–Kier alpha value is -0.870. The molecule has 2 heterocycles. The van der Waals surface area contributed by atoms with Gasteiger partial charge in [-0.1, -0.05) is 6.07 Å². The van der Waals surface area contributed by atoms with Crippen LogP contribution in [0.2, 0.25) is 0 Å². The summed E-state index contributed by atoms with van der Waals surface area (Å²) in [5.74, 6) is 0.720. The van der Waals surface area contributed by atoms with Gasteiger partial charge >= 0.3 is 0 Å². The first-order valence-corrected chi connectivity index (χ1v) is 7.51. The molecule has 4 heteroatoms. The van der Waals surface area contributed by atoms with E-state index in [2.05, 4.69) is 10.6 Å². The highest BCUT2D eigenvalue weighted by Crippen LogP contribution is 2.27. The van der Waals surface area contributed by atoms with Crippen LogP contribution in [-0.4, -0.2) is 25.5 Å². The van der Waals surface area contributed by atoms with Gasteiger partial charge in [0.2, 0.25) is 5.91 Å². The Morgan fingerprint density at radius 2 is 2.44 bits per heavy atom. The van der Waals surface area contributed by atoms with Gasteiger partial charge in [-0.05, 0) is 57.1 Å². The average Bonchev–Trinajstić information content (AvgIpc) is 2.91. The summed E-state index contributed by atoms with van der Waals surface area (Å²) in [6.07, 6.45) is 2.43. The molecule has 1 saturated heterocycles. The van der Waals surface area contributed by atoms with E-state index in [0.717, 1.165) is 24.5 Å². The quantitative estimate of drug-likeness (QED) is 0.876. The van der Waals surface area contributed by atoms with E-state index in [4.69, 9.17) is 0 Å². The SMILES string of the molecule is CC(C)(C(=O)NCC1CCCNC1)c1cccs1. The van der Waals surface area contributed by atoms with Gasteiger partial charge in [0.15, 0.2) is 0 Å². The van der Waals surface area contributed by atoms with E-state index in [-0.39, 0.29) is 5.91 Å². The van der Waals surface area contributed by atoms with Crippen LogP contribution in [0.4, 0.5) is 0 Å². The summed E-state index contributed by atoms with van der Waals surface area (Å²) in [6.45, 7) is 6.92. The number of piperidine rings is 1. The van der Waals surface area contributed by atoms with Gasteiger partial charge in [-0.2, -0.15) is 0 Å². The zero-order valence-electron chi connectivity index (χ0n) is 11.2. The van der Waals surface area contributed by atoms with Gasteiger partial charge in [0.25, 0.3) is 0 Å². The first kappa shape index (κ1) is 13.6. The molecule has 2 rings (SSSR count). The van der Waals surface area contributed by atoms with Gasteiger partial charge in [0.1, 0.15) is 0 Å². The van der Waals surface area contributed by atoms with Gasteiger partial charge in [0.05, 0.1) is 5.41 Å². The van der Waals surface area contributed by atoms with E-state index in [0.29, 0.717) is 5.92 Å². The zero-order chi connectivity index (χ0) is 13.0. The monoisotopic (exact) mass is 266 g/mol. The van der Waals surface area contributed by atoms with Gasteiger partial charge in [-0.25, -0.2) is 0 Å². The molecular formula is C14H22N2OS. The molecule has 1 atom stereocenters. The second kappa shape index (κ2) is 5.85. The molecule has 1 aliphatic rings. The van der Waals surface area contributed by atoms with E-state index < -0.39 is 5.41 Å². The van der Waals surface area contributed by atoms with E-state index in [1.54, 1.807) is 11.3 Å². The summed E-state index contributed by atoms with van der Waals surface area (Å²) in [6, 6.07) is 4.03. The third-order valence-electron chi connectivity index (χ3n) is 3.66. The van der Waals surface area contributed by atoms with E-state index in [9.17, 15) is 4.79 Å². The molecule has 1 amide bonds. The fraction of sp³-hybridized carbons (Fsp3) is 0.643. The summed E-state index contributed by atoms with van der Waals surface area (Å²) >= 11 is 1.65. The summed E-state index contributed by atoms with van der Waals surface area (Å²) in [5, 5.41) is 8.51. The zero-order valence-corrected chi connectivity index (χ0v) is 12.0. The van der Waals surface area contributed by atoms with Crippen LogP contribution >= 0.6 is 11.3 Å². The predicted octanol–water partition coefficient (Wildman–Crippen LogP) is 2.14. The van der Waals surface area contributed by atoms with Crippen LogP contribution in [-0.2, 0) is 10.2 Å². The number of thiophene rings is 1. The van der Waals surface area contributed by atoms with Crippen molar-refractivity contribution in [2.24, 2.45) is 5.92 Å². The van der Waals surface area contributed by atoms with Crippen LogP contribution in [0, 0.1) is 5.92 Å². The molecule has 1 aromatic heterocycles. The molecule has 0 aliphatic carbocycles. The minimum absolute atomic E-state index is 0.135. The normalized spacial score (nSPS) is 20.7. The van der Waals surface area contributed by atoms with Crippen molar-refractivity contribution in [3.63, 3.8) is 0 Å². The highest BCUT2D eigenvalue weighted by Gasteiger charge is 2.30. The molecule has 0 radical (unpaired) electrons. The van der Waals surface area contributed by atoms with Gasteiger partial charge in [-0.15, -0.1) is 11.3 Å². The van der Waals surface area contributed by atoms with Crippen molar-refractivity contribution in [1.29, 1.82) is 0 Å². The van der Waals surface area contributed by atoms with Gasteiger partial charge in [-0.3, -0.25) is 4.79 Å². The van der Waals surface area contributed by atoms with Crippen LogP contribution in [0.5, 0.6) is 0 Å². The van der Waals surface area contributed by atoms with Crippen molar-refractivity contribution < 1.29 is 4.79 Å². The van der Waals surface area contributed by atoms with Crippen molar-refractivity contribution in [3.05, 3.63) is 22.4 Å². The van der Waals surface area contributed by atoms with Crippen molar-refractivity contribution in [2.75, 3.05) is 19.6 Å². The van der Waals surface area contributed by atoms with Crippen LogP contribution in [0.25, 0.3) is 0 Å². The van der Waals surface area contributed by atoms with Crippen molar-refractivity contribution in [1.82, 2.24) is 10.6 Å². The molecule has 0 saturated carbocycles. The Bertz CT molecular complexity index is 381. The molecule has 1 aromatic rings. The molecule has 1 unspecified atom stereocenters. The molecule has 0 aromatic carbocycles. The van der Waals surface area contributed by atoms with Crippen LogP contribution in [0.15, 0.2) is 17.5 Å². The fourth-order valence-corrected chi connectivity index (χ4v) is 3.15. The number of carbonyl (C=O) groups is 1. The number of hydrogen-bond donors (Lipinski definition) is 2. The molecule has 18 heavy (non-hydrogen) atoms. The Kier molecular flexibility index (Phi) is 4.40. The third-order valence-corrected chi connectivity index (χ3v) is 4.85. The van der Waals surface area contributed by atoms with Crippen LogP contribution in [0.1, 0.15) is 31.6 Å². The largest absolute Gasteiger partial charge is 0.355 e. The molecular weight excluding hydrogens is 244 g/mol. The molecule has 1 fully saturated rings. The first-order valence-electron chi connectivity index (χ1n) is 6.63. The van der Waals surface area contributed by atoms with E-state index >= 15 is 0 Å². The second-order valence-electron chi connectivity index (χ2n) is 5.52. The maximum absolute atomic E-state index is 12.3. The third kappa shape index (κ3) is 3.12. The maximum atomic E-state index is 12.3. The number of nitrogens with one attached hydrogen (secondary N) is 2. The summed E-state index contributed by atoms with van der Waals surface area (Å²) in [7, 11) is 0. The molecule has 1 aliphatic heterocycles. The van der Waals surface area contributed by atoms with Crippen molar-refractivity contribution >= 4 is 17.2 Å². The fourth-order valence-electron chi connectivity index (χ4n) is 2.30. The topological polar surface area (TPSA) is 41.1 Å². The molecule has 3 nitrogen and oxygen atoms in total. The highest BCUT2D eigenvalue weighted by molar-refractivity contribution is 7.10. The highest BCUT2D eigenvalue weighted by atomic mass is 32.1. The Morgan fingerprint density at radius 1 is 1.61 bits per heavy atom. The van der Waals surface area contributed by atoms with Crippen LogP contribution in [0.3, 0.4) is 0 Å². The Labute approximate surface area is 113 Å². The predicted molar refractivity (Wildman–Crippen MR) is 75.9 cm³/mol. The Balaban J connectivity index is 1.87. The van der Waals surface area contributed by atoms with Crippen LogP contribution < -0.4 is 10.6 Å². The summed E-state index contributed by atoms with van der Waals surface area (Å²) < 4.78 is 0. The summed E-state index contributed by atoms with van der Waals surface area (Å²) in [5.41, 5.74) is -0.420. The van der Waals surface area contributed by atoms with Crippen molar-refractivity contribution in [2.45, 2.75) is 32.1 Å². The van der Waals surface area contributed by atoms with E-state index in [1.807, 2.05) is 31.4 Å². The van der Waals surface area contributed by atoms with Gasteiger partial charge in [0, 0.05) is 11.4 Å². The molecule has 0 spiro atoms. The maximum Gasteiger partial charge on any atom is 0.230 e. The first-order chi connectivity index (χ1) is 8.60. The lowest BCUT2D eigenvalue weighted by Gasteiger charge is -2.26. The van der Waals surface area contributed by atoms with E-state index in [1.165, 1.54) is 12.8 Å². The van der Waals surface area contributed by atoms with Gasteiger partial charge < -0.3 is 10.6 Å². The minimum atomic E-state index is -0.420. The minimum Gasteiger partial charge on any atom is -0.355 e. The lowest BCUT2D eigenvalue weighted by atomic mass is 9.90. The number of carbonyl (C=O) groups excluding carboxylic acids is 1. The Morgan fingerprint density at radius 3 is 3.06 bits per heavy atom. The lowest BCUT2D eigenvalue weighted by Crippen LogP contribution is -2.44. The molecule has 100 valence electrons. The average molecular weight is 266 g/mol. The smallest absolute Gasteiger partial charge is 0.230 e. The molecule has 0 bridgehead atoms.